The van der Waals surface area contributed by atoms with Crippen LogP contribution in [0.3, 0.4) is 0 Å². The Kier molecular flexibility index (Phi) is 5.27. The highest BCUT2D eigenvalue weighted by molar-refractivity contribution is 7.21. The van der Waals surface area contributed by atoms with Crippen LogP contribution in [-0.4, -0.2) is 45.2 Å². The van der Waals surface area contributed by atoms with Gasteiger partial charge in [0.2, 0.25) is 5.91 Å². The van der Waals surface area contributed by atoms with E-state index in [1.54, 1.807) is 12.5 Å². The summed E-state index contributed by atoms with van der Waals surface area (Å²) in [6, 6.07) is 7.09. The average molecular weight is 411 g/mol. The quantitative estimate of drug-likeness (QED) is 0.505. The number of nitrogens with one attached hydrogen (secondary N) is 1. The van der Waals surface area contributed by atoms with Gasteiger partial charge in [0.1, 0.15) is 26.9 Å². The zero-order chi connectivity index (χ0) is 20.5. The summed E-state index contributed by atoms with van der Waals surface area (Å²) in [7, 11) is 3.47. The van der Waals surface area contributed by atoms with Crippen LogP contribution in [0, 0.1) is 0 Å². The van der Waals surface area contributed by atoms with Crippen LogP contribution in [0.4, 0.5) is 0 Å². The first kappa shape index (κ1) is 19.4. The molecule has 0 spiro atoms. The third-order valence-corrected chi connectivity index (χ3v) is 5.79. The molecule has 0 aliphatic rings. The predicted octanol–water partition coefficient (Wildman–Crippen LogP) is 2.40. The molecule has 2 atom stereocenters. The van der Waals surface area contributed by atoms with Gasteiger partial charge in [0.05, 0.1) is 30.7 Å². The molecular weight excluding hydrogens is 388 g/mol. The van der Waals surface area contributed by atoms with Gasteiger partial charge in [-0.25, -0.2) is 15.0 Å². The first-order valence-corrected chi connectivity index (χ1v) is 10.0. The van der Waals surface area contributed by atoms with Gasteiger partial charge in [-0.3, -0.25) is 4.79 Å². The van der Waals surface area contributed by atoms with Crippen molar-refractivity contribution in [3.8, 4) is 10.6 Å². The molecule has 29 heavy (non-hydrogen) atoms. The molecule has 3 N–H and O–H groups in total. The summed E-state index contributed by atoms with van der Waals surface area (Å²) in [6.45, 7) is 2.11. The number of methoxy groups -OCH3 is 1. The van der Waals surface area contributed by atoms with Gasteiger partial charge in [-0.1, -0.05) is 29.5 Å². The molecule has 4 aromatic rings. The van der Waals surface area contributed by atoms with Crippen molar-refractivity contribution in [2.24, 2.45) is 12.8 Å². The maximum atomic E-state index is 12.2. The highest BCUT2D eigenvalue weighted by Crippen LogP contribution is 2.33. The van der Waals surface area contributed by atoms with E-state index in [1.807, 2.05) is 42.8 Å². The van der Waals surface area contributed by atoms with Gasteiger partial charge in [0, 0.05) is 19.7 Å². The van der Waals surface area contributed by atoms with Crippen LogP contribution >= 0.6 is 11.3 Å². The van der Waals surface area contributed by atoms with Gasteiger partial charge in [-0.2, -0.15) is 0 Å². The zero-order valence-electron chi connectivity index (χ0n) is 16.4. The number of fused-ring (bicyclic) bond motifs is 3. The largest absolute Gasteiger partial charge is 0.383 e. The minimum Gasteiger partial charge on any atom is -0.383 e. The van der Waals surface area contributed by atoms with Crippen LogP contribution in [0.5, 0.6) is 0 Å². The smallest absolute Gasteiger partial charge is 0.239 e. The molecule has 0 aliphatic carbocycles. The number of hydrogen-bond acceptors (Lipinski definition) is 7. The minimum absolute atomic E-state index is 0.180. The lowest BCUT2D eigenvalue weighted by Crippen LogP contribution is -2.44. The van der Waals surface area contributed by atoms with Crippen LogP contribution in [0.15, 0.2) is 36.8 Å². The number of ether oxygens (including phenoxy) is 1. The summed E-state index contributed by atoms with van der Waals surface area (Å²) < 4.78 is 6.90. The SMILES string of the molecule is COC[C@H](N)C(=O)N[C@@H](C)c1cccc(-c2nc3c(ncc4ncn(C)c43)s2)c1. The van der Waals surface area contributed by atoms with Crippen molar-refractivity contribution < 1.29 is 9.53 Å². The molecule has 4 rings (SSSR count). The highest BCUT2D eigenvalue weighted by Gasteiger charge is 2.18. The van der Waals surface area contributed by atoms with E-state index < -0.39 is 6.04 Å². The molecule has 0 saturated carbocycles. The maximum absolute atomic E-state index is 12.2. The molecule has 150 valence electrons. The molecule has 0 saturated heterocycles. The Bertz CT molecular complexity index is 1180. The van der Waals surface area contributed by atoms with Gasteiger partial charge >= 0.3 is 0 Å². The van der Waals surface area contributed by atoms with Crippen molar-refractivity contribution in [3.05, 3.63) is 42.4 Å². The second-order valence-corrected chi connectivity index (χ2v) is 7.92. The monoisotopic (exact) mass is 410 g/mol. The second-order valence-electron chi connectivity index (χ2n) is 6.94. The van der Waals surface area contributed by atoms with E-state index in [9.17, 15) is 4.79 Å². The van der Waals surface area contributed by atoms with Crippen molar-refractivity contribution in [1.82, 2.24) is 24.8 Å². The Morgan fingerprint density at radius 3 is 3.00 bits per heavy atom. The summed E-state index contributed by atoms with van der Waals surface area (Å²) in [4.78, 5) is 26.7. The number of rotatable bonds is 6. The molecule has 0 bridgehead atoms. The predicted molar refractivity (Wildman–Crippen MR) is 114 cm³/mol. The van der Waals surface area contributed by atoms with E-state index in [4.69, 9.17) is 15.5 Å². The first-order chi connectivity index (χ1) is 14.0. The number of hydrogen-bond donors (Lipinski definition) is 2. The molecule has 0 fully saturated rings. The molecular formula is C20H22N6O2S. The summed E-state index contributed by atoms with van der Waals surface area (Å²) in [5.41, 5.74) is 10.4. The Balaban J connectivity index is 1.64. The molecule has 3 aromatic heterocycles. The molecule has 8 nitrogen and oxygen atoms in total. The number of imidazole rings is 1. The van der Waals surface area contributed by atoms with Gasteiger partial charge in [0.15, 0.2) is 0 Å². The second kappa shape index (κ2) is 7.86. The lowest BCUT2D eigenvalue weighted by atomic mass is 10.0. The normalized spacial score (nSPS) is 13.7. The number of carbonyl (C=O) groups excluding carboxylic acids is 1. The zero-order valence-corrected chi connectivity index (χ0v) is 17.2. The lowest BCUT2D eigenvalue weighted by Gasteiger charge is -2.18. The van der Waals surface area contributed by atoms with E-state index in [2.05, 4.69) is 15.3 Å². The lowest BCUT2D eigenvalue weighted by molar-refractivity contribution is -0.124. The van der Waals surface area contributed by atoms with Crippen LogP contribution in [0.1, 0.15) is 18.5 Å². The number of thiazole rings is 1. The Morgan fingerprint density at radius 2 is 2.21 bits per heavy atom. The van der Waals surface area contributed by atoms with Crippen molar-refractivity contribution >= 4 is 38.6 Å². The van der Waals surface area contributed by atoms with Crippen LogP contribution in [0.2, 0.25) is 0 Å². The number of pyridine rings is 1. The van der Waals surface area contributed by atoms with Crippen molar-refractivity contribution in [1.29, 1.82) is 0 Å². The van der Waals surface area contributed by atoms with Crippen LogP contribution in [-0.2, 0) is 16.6 Å². The average Bonchev–Trinajstić information content (AvgIpc) is 3.31. The molecule has 3 heterocycles. The number of nitrogens with zero attached hydrogens (tertiary/aromatic N) is 4. The summed E-state index contributed by atoms with van der Waals surface area (Å²) >= 11 is 1.54. The first-order valence-electron chi connectivity index (χ1n) is 9.19. The number of amides is 1. The Labute approximate surface area is 171 Å². The summed E-state index contributed by atoms with van der Waals surface area (Å²) in [5, 5.41) is 3.80. The fourth-order valence-corrected chi connectivity index (χ4v) is 4.14. The number of aromatic nitrogens is 4. The van der Waals surface area contributed by atoms with Crippen molar-refractivity contribution in [2.45, 2.75) is 19.0 Å². The third kappa shape index (κ3) is 3.71. The van der Waals surface area contributed by atoms with E-state index in [-0.39, 0.29) is 18.6 Å². The topological polar surface area (TPSA) is 108 Å². The molecule has 9 heteroatoms. The number of benzene rings is 1. The summed E-state index contributed by atoms with van der Waals surface area (Å²) in [5.74, 6) is -0.243. The standard InChI is InChI=1S/C20H22N6O2S/c1-11(24-18(27)14(21)9-28-3)12-5-4-6-13(7-12)19-25-16-17-15(23-10-26(17)2)8-22-20(16)29-19/h4-8,10-11,14H,9,21H2,1-3H3,(H,24,27)/t11-,14-/m0/s1. The van der Waals surface area contributed by atoms with E-state index >= 15 is 0 Å². The number of aryl methyl sites for hydroxylation is 1. The number of nitrogens with two attached hydrogens (primary N) is 1. The molecule has 1 amide bonds. The fourth-order valence-electron chi connectivity index (χ4n) is 3.23. The third-order valence-electron chi connectivity index (χ3n) is 4.78. The molecule has 0 radical (unpaired) electrons. The summed E-state index contributed by atoms with van der Waals surface area (Å²) in [6.07, 6.45) is 3.54. The van der Waals surface area contributed by atoms with Crippen molar-refractivity contribution in [3.63, 3.8) is 0 Å². The highest BCUT2D eigenvalue weighted by atomic mass is 32.1. The van der Waals surface area contributed by atoms with Gasteiger partial charge < -0.3 is 20.4 Å². The van der Waals surface area contributed by atoms with Crippen molar-refractivity contribution in [2.75, 3.05) is 13.7 Å². The van der Waals surface area contributed by atoms with Gasteiger partial charge in [-0.15, -0.1) is 0 Å². The van der Waals surface area contributed by atoms with Crippen LogP contribution in [0.25, 0.3) is 32.0 Å². The van der Waals surface area contributed by atoms with E-state index in [1.165, 1.54) is 18.4 Å². The number of carbonyl (C=O) groups is 1. The van der Waals surface area contributed by atoms with Gasteiger partial charge in [0.25, 0.3) is 0 Å². The molecule has 0 unspecified atom stereocenters. The Hall–Kier alpha value is -2.88. The molecule has 0 aliphatic heterocycles. The maximum Gasteiger partial charge on any atom is 0.239 e. The van der Waals surface area contributed by atoms with Gasteiger partial charge in [-0.05, 0) is 18.6 Å². The van der Waals surface area contributed by atoms with E-state index in [0.717, 1.165) is 37.5 Å². The Morgan fingerprint density at radius 1 is 1.38 bits per heavy atom. The molecule has 1 aromatic carbocycles. The fraction of sp³-hybridized carbons (Fsp3) is 0.300. The minimum atomic E-state index is -0.692. The van der Waals surface area contributed by atoms with E-state index in [0.29, 0.717) is 0 Å². The van der Waals surface area contributed by atoms with Crippen LogP contribution < -0.4 is 11.1 Å².